The molecular formula is C21H34N6O. The zero-order valence-electron chi connectivity index (χ0n) is 17.3. The van der Waals surface area contributed by atoms with Crippen molar-refractivity contribution in [2.75, 3.05) is 39.4 Å². The third-order valence-corrected chi connectivity index (χ3v) is 5.81. The van der Waals surface area contributed by atoms with Gasteiger partial charge in [-0.15, -0.1) is 0 Å². The average Bonchev–Trinajstić information content (AvgIpc) is 3.32. The van der Waals surface area contributed by atoms with Crippen LogP contribution in [0.25, 0.3) is 0 Å². The summed E-state index contributed by atoms with van der Waals surface area (Å²) in [6, 6.07) is 0. The van der Waals surface area contributed by atoms with Crippen molar-refractivity contribution in [2.45, 2.75) is 52.2 Å². The van der Waals surface area contributed by atoms with E-state index in [4.69, 9.17) is 4.74 Å². The normalized spacial score (nSPS) is 22.2. The second-order valence-corrected chi connectivity index (χ2v) is 8.74. The molecule has 1 atom stereocenters. The average molecular weight is 387 g/mol. The van der Waals surface area contributed by atoms with Crippen LogP contribution in [-0.2, 0) is 24.4 Å². The van der Waals surface area contributed by atoms with Crippen molar-refractivity contribution < 1.29 is 4.74 Å². The van der Waals surface area contributed by atoms with Crippen molar-refractivity contribution in [1.29, 1.82) is 0 Å². The summed E-state index contributed by atoms with van der Waals surface area (Å²) in [4.78, 5) is 5.05. The number of likely N-dealkylation sites (tertiary alicyclic amines) is 1. The molecule has 2 saturated heterocycles. The first kappa shape index (κ1) is 19.6. The third-order valence-electron chi connectivity index (χ3n) is 5.81. The van der Waals surface area contributed by atoms with Crippen LogP contribution in [0.15, 0.2) is 18.6 Å². The van der Waals surface area contributed by atoms with Crippen molar-refractivity contribution in [3.05, 3.63) is 35.4 Å². The number of piperidine rings is 1. The second-order valence-electron chi connectivity index (χ2n) is 8.74. The molecule has 4 heterocycles. The Kier molecular flexibility index (Phi) is 6.44. The Morgan fingerprint density at radius 1 is 1.14 bits per heavy atom. The quantitative estimate of drug-likeness (QED) is 0.792. The van der Waals surface area contributed by atoms with Gasteiger partial charge in [-0.2, -0.15) is 10.2 Å². The van der Waals surface area contributed by atoms with E-state index in [1.807, 2.05) is 12.4 Å². The van der Waals surface area contributed by atoms with E-state index >= 15 is 0 Å². The number of H-pyrrole nitrogens is 1. The van der Waals surface area contributed by atoms with Gasteiger partial charge in [-0.25, -0.2) is 0 Å². The molecular weight excluding hydrogens is 352 g/mol. The van der Waals surface area contributed by atoms with Gasteiger partial charge in [-0.05, 0) is 25.3 Å². The highest BCUT2D eigenvalue weighted by Gasteiger charge is 2.26. The van der Waals surface area contributed by atoms with Gasteiger partial charge in [0, 0.05) is 68.2 Å². The molecule has 154 valence electrons. The minimum atomic E-state index is 0.540. The summed E-state index contributed by atoms with van der Waals surface area (Å²) in [6.45, 7) is 13.4. The predicted molar refractivity (Wildman–Crippen MR) is 109 cm³/mol. The monoisotopic (exact) mass is 386 g/mol. The first-order valence-corrected chi connectivity index (χ1v) is 10.7. The number of ether oxygens (including phenoxy) is 1. The number of nitrogens with zero attached hydrogens (tertiary/aromatic N) is 5. The van der Waals surface area contributed by atoms with Gasteiger partial charge in [0.25, 0.3) is 0 Å². The van der Waals surface area contributed by atoms with Crippen molar-refractivity contribution >= 4 is 0 Å². The van der Waals surface area contributed by atoms with E-state index in [2.05, 4.69) is 49.8 Å². The largest absolute Gasteiger partial charge is 0.379 e. The van der Waals surface area contributed by atoms with Crippen LogP contribution in [0.3, 0.4) is 0 Å². The van der Waals surface area contributed by atoms with E-state index in [1.165, 1.54) is 36.2 Å². The number of nitrogens with one attached hydrogen (secondary N) is 1. The Morgan fingerprint density at radius 2 is 2.00 bits per heavy atom. The van der Waals surface area contributed by atoms with E-state index in [1.54, 1.807) is 0 Å². The number of aromatic nitrogens is 4. The van der Waals surface area contributed by atoms with Gasteiger partial charge in [0.1, 0.15) is 0 Å². The Morgan fingerprint density at radius 3 is 2.82 bits per heavy atom. The number of aromatic amines is 1. The van der Waals surface area contributed by atoms with Crippen molar-refractivity contribution in [2.24, 2.45) is 5.92 Å². The maximum Gasteiger partial charge on any atom is 0.0594 e. The van der Waals surface area contributed by atoms with Gasteiger partial charge in [0.05, 0.1) is 25.6 Å². The van der Waals surface area contributed by atoms with Crippen LogP contribution < -0.4 is 0 Å². The summed E-state index contributed by atoms with van der Waals surface area (Å²) in [5, 5.41) is 12.2. The molecule has 0 amide bonds. The van der Waals surface area contributed by atoms with Gasteiger partial charge in [0.15, 0.2) is 0 Å². The molecule has 0 saturated carbocycles. The van der Waals surface area contributed by atoms with E-state index in [0.717, 1.165) is 52.5 Å². The van der Waals surface area contributed by atoms with Crippen molar-refractivity contribution in [3.8, 4) is 0 Å². The lowest BCUT2D eigenvalue weighted by Gasteiger charge is -2.33. The standard InChI is InChI=1S/C21H34N6O/c1-17(2)12-27-14-18(10-23-27)13-26-5-3-4-19(15-26)21-20(11-22-24-21)16-25-6-8-28-9-7-25/h10-11,14,17,19H,3-9,12-13,15-16H2,1-2H3,(H,22,24)/t19-/m1/s1. The first-order chi connectivity index (χ1) is 13.7. The fourth-order valence-electron chi connectivity index (χ4n) is 4.46. The molecule has 7 heteroatoms. The lowest BCUT2D eigenvalue weighted by atomic mass is 9.92. The lowest BCUT2D eigenvalue weighted by Crippen LogP contribution is -2.37. The van der Waals surface area contributed by atoms with E-state index in [-0.39, 0.29) is 0 Å². The third kappa shape index (κ3) is 5.01. The summed E-state index contributed by atoms with van der Waals surface area (Å²) in [7, 11) is 0. The lowest BCUT2D eigenvalue weighted by molar-refractivity contribution is 0.0339. The first-order valence-electron chi connectivity index (χ1n) is 10.7. The summed E-state index contributed by atoms with van der Waals surface area (Å²) < 4.78 is 7.56. The van der Waals surface area contributed by atoms with Crippen LogP contribution in [-0.4, -0.2) is 69.2 Å². The molecule has 2 aliphatic heterocycles. The van der Waals surface area contributed by atoms with E-state index in [9.17, 15) is 0 Å². The maximum absolute atomic E-state index is 5.48. The molecule has 0 spiro atoms. The van der Waals surface area contributed by atoms with Crippen LogP contribution in [0.1, 0.15) is 49.4 Å². The molecule has 0 unspecified atom stereocenters. The topological polar surface area (TPSA) is 62.2 Å². The van der Waals surface area contributed by atoms with Gasteiger partial charge < -0.3 is 4.74 Å². The number of morpholine rings is 1. The highest BCUT2D eigenvalue weighted by Crippen LogP contribution is 2.29. The Balaban J connectivity index is 1.36. The molecule has 0 aromatic carbocycles. The van der Waals surface area contributed by atoms with Gasteiger partial charge in [0.2, 0.25) is 0 Å². The highest BCUT2D eigenvalue weighted by atomic mass is 16.5. The number of hydrogen-bond donors (Lipinski definition) is 1. The minimum Gasteiger partial charge on any atom is -0.379 e. The van der Waals surface area contributed by atoms with E-state index < -0.39 is 0 Å². The molecule has 1 N–H and O–H groups in total. The van der Waals surface area contributed by atoms with Crippen LogP contribution in [0, 0.1) is 5.92 Å². The van der Waals surface area contributed by atoms with Gasteiger partial charge in [-0.1, -0.05) is 13.8 Å². The van der Waals surface area contributed by atoms with Crippen LogP contribution in [0.4, 0.5) is 0 Å². The highest BCUT2D eigenvalue weighted by molar-refractivity contribution is 5.22. The van der Waals surface area contributed by atoms with Crippen LogP contribution in [0.5, 0.6) is 0 Å². The fourth-order valence-corrected chi connectivity index (χ4v) is 4.46. The molecule has 28 heavy (non-hydrogen) atoms. The zero-order valence-corrected chi connectivity index (χ0v) is 17.3. The van der Waals surface area contributed by atoms with E-state index in [0.29, 0.717) is 11.8 Å². The van der Waals surface area contributed by atoms with Crippen molar-refractivity contribution in [1.82, 2.24) is 29.8 Å². The molecule has 2 aromatic heterocycles. The van der Waals surface area contributed by atoms with Crippen molar-refractivity contribution in [3.63, 3.8) is 0 Å². The summed E-state index contributed by atoms with van der Waals surface area (Å²) in [5.41, 5.74) is 4.02. The SMILES string of the molecule is CC(C)Cn1cc(CN2CCC[C@@H](c3[nH]ncc3CN3CCOCC3)C2)cn1. The smallest absolute Gasteiger partial charge is 0.0594 e. The second kappa shape index (κ2) is 9.20. The Bertz CT molecular complexity index is 733. The molecule has 0 radical (unpaired) electrons. The van der Waals surface area contributed by atoms with Crippen LogP contribution in [0.2, 0.25) is 0 Å². The summed E-state index contributed by atoms with van der Waals surface area (Å²) in [6.07, 6.45) is 8.75. The molecule has 7 nitrogen and oxygen atoms in total. The van der Waals surface area contributed by atoms with Gasteiger partial charge >= 0.3 is 0 Å². The molecule has 2 fully saturated rings. The summed E-state index contributed by atoms with van der Waals surface area (Å²) in [5.74, 6) is 1.16. The molecule has 4 rings (SSSR count). The molecule has 0 bridgehead atoms. The molecule has 2 aliphatic rings. The van der Waals surface area contributed by atoms with Crippen LogP contribution >= 0.6 is 0 Å². The molecule has 2 aromatic rings. The predicted octanol–water partition coefficient (Wildman–Crippen LogP) is 2.47. The Hall–Kier alpha value is -1.70. The number of rotatable bonds is 7. The Labute approximate surface area is 168 Å². The zero-order chi connectivity index (χ0) is 19.3. The molecule has 0 aliphatic carbocycles. The maximum atomic E-state index is 5.48. The summed E-state index contributed by atoms with van der Waals surface area (Å²) >= 11 is 0. The number of hydrogen-bond acceptors (Lipinski definition) is 5. The minimum absolute atomic E-state index is 0.540. The van der Waals surface area contributed by atoms with Gasteiger partial charge in [-0.3, -0.25) is 19.6 Å². The fraction of sp³-hybridized carbons (Fsp3) is 0.714.